The topological polar surface area (TPSA) is 119 Å². The monoisotopic (exact) mass is 530 g/mol. The van der Waals surface area contributed by atoms with Gasteiger partial charge in [0, 0.05) is 22.9 Å². The predicted octanol–water partition coefficient (Wildman–Crippen LogP) is 4.47. The fourth-order valence-electron chi connectivity index (χ4n) is 5.49. The van der Waals surface area contributed by atoms with Crippen LogP contribution in [0.25, 0.3) is 0 Å². The Balaban J connectivity index is 1.47. The summed E-state index contributed by atoms with van der Waals surface area (Å²) in [6.45, 7) is 6.18. The lowest BCUT2D eigenvalue weighted by Crippen LogP contribution is -2.60. The van der Waals surface area contributed by atoms with Gasteiger partial charge in [-0.1, -0.05) is 31.4 Å². The van der Waals surface area contributed by atoms with Gasteiger partial charge in [-0.25, -0.2) is 4.79 Å². The Bertz CT molecular complexity index is 1100. The number of aryl methyl sites for hydroxylation is 1. The highest BCUT2D eigenvalue weighted by atomic mass is 32.2. The van der Waals surface area contributed by atoms with Crippen LogP contribution >= 0.6 is 11.8 Å². The van der Waals surface area contributed by atoms with Gasteiger partial charge in [-0.2, -0.15) is 0 Å². The molecule has 1 fully saturated rings. The fourth-order valence-corrected chi connectivity index (χ4v) is 7.07. The number of benzene rings is 1. The zero-order valence-corrected chi connectivity index (χ0v) is 22.6. The van der Waals surface area contributed by atoms with Crippen LogP contribution in [-0.4, -0.2) is 56.8 Å². The number of nitrogens with zero attached hydrogens (tertiary/aromatic N) is 1. The van der Waals surface area contributed by atoms with Crippen LogP contribution in [0.3, 0.4) is 0 Å². The molecule has 2 heterocycles. The molecule has 8 nitrogen and oxygen atoms in total. The molecule has 9 heteroatoms. The number of fused-ring (bicyclic) bond motifs is 1. The number of allylic oxidation sites excluding steroid dienone is 2. The van der Waals surface area contributed by atoms with Gasteiger partial charge in [-0.15, -0.1) is 11.8 Å². The number of β-lactam (4-membered cyclic amide) rings is 1. The van der Waals surface area contributed by atoms with E-state index in [1.165, 1.54) is 22.2 Å². The third kappa shape index (κ3) is 5.84. The predicted molar refractivity (Wildman–Crippen MR) is 143 cm³/mol. The average molecular weight is 531 g/mol. The normalized spacial score (nSPS) is 24.0. The van der Waals surface area contributed by atoms with Crippen molar-refractivity contribution in [3.63, 3.8) is 0 Å². The van der Waals surface area contributed by atoms with Crippen LogP contribution in [-0.2, 0) is 16.0 Å². The molecule has 4 rings (SSSR count). The van der Waals surface area contributed by atoms with Crippen LogP contribution in [0.5, 0.6) is 11.5 Å². The summed E-state index contributed by atoms with van der Waals surface area (Å²) in [5, 5.41) is 33.4. The number of carbonyl (C=O) groups excluding carboxylic acids is 1. The highest BCUT2D eigenvalue weighted by Gasteiger charge is 2.57. The maximum atomic E-state index is 12.4. The molecule has 1 saturated heterocycles. The van der Waals surface area contributed by atoms with Gasteiger partial charge < -0.3 is 20.1 Å². The first kappa shape index (κ1) is 27.5. The number of rotatable bonds is 12. The second kappa shape index (κ2) is 11.9. The molecule has 1 aromatic carbocycles. The number of thioether (sulfide) groups is 1. The fraction of sp³-hybridized carbons (Fsp3) is 0.571. The minimum atomic E-state index is -1.16. The highest BCUT2D eigenvalue weighted by Crippen LogP contribution is 2.50. The van der Waals surface area contributed by atoms with Crippen molar-refractivity contribution in [2.24, 2.45) is 5.92 Å². The molecule has 2 aliphatic heterocycles. The summed E-state index contributed by atoms with van der Waals surface area (Å²) in [6, 6.07) is 3.89. The molecule has 0 spiro atoms. The summed E-state index contributed by atoms with van der Waals surface area (Å²) in [5.74, 6) is -1.11. The maximum Gasteiger partial charge on any atom is 0.353 e. The number of unbranched alkanes of at least 4 members (excludes halogenated alkanes) is 2. The lowest BCUT2D eigenvalue weighted by Gasteiger charge is -2.43. The molecule has 1 amide bonds. The zero-order valence-electron chi connectivity index (χ0n) is 21.8. The first-order valence-electron chi connectivity index (χ1n) is 13.2. The third-order valence-corrected chi connectivity index (χ3v) is 8.75. The Labute approximate surface area is 222 Å². The van der Waals surface area contributed by atoms with Gasteiger partial charge in [0.25, 0.3) is 0 Å². The molecule has 3 aliphatic rings. The van der Waals surface area contributed by atoms with E-state index in [-0.39, 0.29) is 41.9 Å². The number of hydrogen-bond acceptors (Lipinski definition) is 7. The number of aliphatic hydroxyl groups excluding tert-OH is 1. The summed E-state index contributed by atoms with van der Waals surface area (Å²) in [4.78, 5) is 26.1. The second-order valence-electron chi connectivity index (χ2n) is 10.3. The van der Waals surface area contributed by atoms with Crippen LogP contribution in [0.4, 0.5) is 0 Å². The van der Waals surface area contributed by atoms with E-state index in [0.717, 1.165) is 56.1 Å². The SMILES string of the molecule is CCCCCc1cc(O)c(C2C=C(C)CCC2)c(OCNCC2=C(C(=O)O)N3C(=O)C(C(C)O)C3S2)c1. The first-order valence-corrected chi connectivity index (χ1v) is 14.1. The molecule has 1 aromatic rings. The Hall–Kier alpha value is -2.49. The molecule has 0 bridgehead atoms. The van der Waals surface area contributed by atoms with Gasteiger partial charge in [-0.3, -0.25) is 15.0 Å². The van der Waals surface area contributed by atoms with E-state index in [2.05, 4.69) is 25.2 Å². The minimum Gasteiger partial charge on any atom is -0.507 e. The quantitative estimate of drug-likeness (QED) is 0.135. The molecule has 4 N–H and O–H groups in total. The van der Waals surface area contributed by atoms with Gasteiger partial charge in [0.15, 0.2) is 0 Å². The van der Waals surface area contributed by atoms with Crippen molar-refractivity contribution in [1.82, 2.24) is 10.2 Å². The number of aliphatic hydroxyl groups is 1. The first-order chi connectivity index (χ1) is 17.7. The van der Waals surface area contributed by atoms with E-state index < -0.39 is 18.0 Å². The van der Waals surface area contributed by atoms with E-state index in [9.17, 15) is 24.9 Å². The molecule has 202 valence electrons. The number of phenols is 1. The number of ether oxygens (including phenoxy) is 1. The van der Waals surface area contributed by atoms with Crippen molar-refractivity contribution in [2.75, 3.05) is 13.3 Å². The Kier molecular flexibility index (Phi) is 8.87. The van der Waals surface area contributed by atoms with Crippen LogP contribution in [0.1, 0.15) is 76.3 Å². The number of aliphatic carboxylic acids is 1. The van der Waals surface area contributed by atoms with E-state index >= 15 is 0 Å². The number of nitrogens with one attached hydrogen (secondary N) is 1. The molecule has 37 heavy (non-hydrogen) atoms. The number of phenolic OH excluding ortho intramolecular Hbond substituents is 1. The third-order valence-electron chi connectivity index (χ3n) is 7.38. The number of hydrogen-bond donors (Lipinski definition) is 4. The smallest absolute Gasteiger partial charge is 0.353 e. The van der Waals surface area contributed by atoms with Crippen molar-refractivity contribution >= 4 is 23.6 Å². The minimum absolute atomic E-state index is 0.0246. The summed E-state index contributed by atoms with van der Waals surface area (Å²) < 4.78 is 6.16. The van der Waals surface area contributed by atoms with Gasteiger partial charge in [0.1, 0.15) is 29.3 Å². The van der Waals surface area contributed by atoms with Crippen LogP contribution in [0, 0.1) is 5.92 Å². The van der Waals surface area contributed by atoms with Crippen molar-refractivity contribution in [1.29, 1.82) is 0 Å². The van der Waals surface area contributed by atoms with Gasteiger partial charge in [0.2, 0.25) is 5.91 Å². The largest absolute Gasteiger partial charge is 0.507 e. The molecular weight excluding hydrogens is 492 g/mol. The second-order valence-corrected chi connectivity index (χ2v) is 11.5. The molecular formula is C28H38N2O6S. The summed E-state index contributed by atoms with van der Waals surface area (Å²) >= 11 is 1.30. The average Bonchev–Trinajstić information content (AvgIpc) is 3.16. The molecule has 1 aliphatic carbocycles. The van der Waals surface area contributed by atoms with E-state index in [1.54, 1.807) is 6.92 Å². The Morgan fingerprint density at radius 3 is 2.78 bits per heavy atom. The van der Waals surface area contributed by atoms with Gasteiger partial charge >= 0.3 is 5.97 Å². The molecule has 0 radical (unpaired) electrons. The van der Waals surface area contributed by atoms with Crippen LogP contribution in [0.15, 0.2) is 34.4 Å². The zero-order chi connectivity index (χ0) is 26.7. The van der Waals surface area contributed by atoms with Crippen LogP contribution < -0.4 is 10.1 Å². The summed E-state index contributed by atoms with van der Waals surface area (Å²) in [7, 11) is 0. The Morgan fingerprint density at radius 2 is 2.11 bits per heavy atom. The molecule has 0 aromatic heterocycles. The van der Waals surface area contributed by atoms with Crippen molar-refractivity contribution in [3.05, 3.63) is 45.5 Å². The van der Waals surface area contributed by atoms with Gasteiger partial charge in [-0.05, 0) is 63.6 Å². The molecule has 4 atom stereocenters. The van der Waals surface area contributed by atoms with E-state index in [1.807, 2.05) is 12.1 Å². The lowest BCUT2D eigenvalue weighted by atomic mass is 9.84. The number of carboxylic acid groups (broad SMARTS) is 1. The lowest BCUT2D eigenvalue weighted by molar-refractivity contribution is -0.156. The number of carboxylic acids is 1. The van der Waals surface area contributed by atoms with E-state index in [4.69, 9.17) is 4.74 Å². The summed E-state index contributed by atoms with van der Waals surface area (Å²) in [5.41, 5.74) is 3.13. The van der Waals surface area contributed by atoms with Crippen molar-refractivity contribution < 1.29 is 29.6 Å². The number of carbonyl (C=O) groups is 2. The summed E-state index contributed by atoms with van der Waals surface area (Å²) in [6.07, 6.45) is 8.63. The Morgan fingerprint density at radius 1 is 1.32 bits per heavy atom. The van der Waals surface area contributed by atoms with Crippen molar-refractivity contribution in [3.8, 4) is 11.5 Å². The number of amides is 1. The van der Waals surface area contributed by atoms with E-state index in [0.29, 0.717) is 10.7 Å². The maximum absolute atomic E-state index is 12.4. The van der Waals surface area contributed by atoms with Crippen molar-refractivity contribution in [2.45, 2.75) is 83.1 Å². The highest BCUT2D eigenvalue weighted by molar-refractivity contribution is 8.04. The molecule has 0 saturated carbocycles. The van der Waals surface area contributed by atoms with Gasteiger partial charge in [0.05, 0.1) is 12.0 Å². The molecule has 4 unspecified atom stereocenters. The van der Waals surface area contributed by atoms with Crippen LogP contribution in [0.2, 0.25) is 0 Å². The number of aromatic hydroxyl groups is 1. The standard InChI is InChI=1S/C28H38N2O6S/c1-4-5-6-9-18-12-20(32)24(19-10-7-8-16(2)11-19)21(13-18)36-15-29-14-22-25(28(34)35)30-26(33)23(17(3)31)27(30)37-22/h11-13,17,19,23,27,29,31-32H,4-10,14-15H2,1-3H3,(H,34,35).